The smallest absolute Gasteiger partial charge is 0.211 e. The summed E-state index contributed by atoms with van der Waals surface area (Å²) in [6, 6.07) is 0.103. The Morgan fingerprint density at radius 3 is 2.74 bits per heavy atom. The summed E-state index contributed by atoms with van der Waals surface area (Å²) in [6.07, 6.45) is 3.47. The Hall–Kier alpha value is -1.73. The van der Waals surface area contributed by atoms with Gasteiger partial charge in [0, 0.05) is 25.6 Å². The zero-order chi connectivity index (χ0) is 16.6. The number of hydrogen-bond donors (Lipinski definition) is 0. The van der Waals surface area contributed by atoms with Crippen molar-refractivity contribution in [2.24, 2.45) is 7.05 Å². The lowest BCUT2D eigenvalue weighted by molar-refractivity contribution is -0.0516. The van der Waals surface area contributed by atoms with Crippen LogP contribution in [0.5, 0.6) is 0 Å². The van der Waals surface area contributed by atoms with E-state index in [-0.39, 0.29) is 17.6 Å². The molecule has 2 aromatic rings. The van der Waals surface area contributed by atoms with Crippen LogP contribution >= 0.6 is 0 Å². The standard InChI is InChI=1S/C16H25N5O2/c1-11(15-17-8-13(23-15)16(2,3)4)21-6-7-22-12(9-21)14-19-18-10-20(14)5/h8,10-12H,6-7,9H2,1-5H3. The van der Waals surface area contributed by atoms with Crippen molar-refractivity contribution in [2.45, 2.75) is 45.3 Å². The molecule has 3 rings (SSSR count). The van der Waals surface area contributed by atoms with Crippen molar-refractivity contribution in [3.05, 3.63) is 30.0 Å². The van der Waals surface area contributed by atoms with Crippen LogP contribution in [0.15, 0.2) is 16.9 Å². The lowest BCUT2D eigenvalue weighted by atomic mass is 9.94. The summed E-state index contributed by atoms with van der Waals surface area (Å²) in [4.78, 5) is 6.80. The molecule has 0 bridgehead atoms. The largest absolute Gasteiger partial charge is 0.443 e. The Balaban J connectivity index is 1.73. The van der Waals surface area contributed by atoms with Crippen LogP contribution < -0.4 is 0 Å². The van der Waals surface area contributed by atoms with Crippen LogP contribution in [-0.4, -0.2) is 44.3 Å². The lowest BCUT2D eigenvalue weighted by Gasteiger charge is -2.35. The van der Waals surface area contributed by atoms with Gasteiger partial charge in [-0.2, -0.15) is 0 Å². The molecule has 0 radical (unpaired) electrons. The minimum absolute atomic E-state index is 0.0306. The maximum Gasteiger partial charge on any atom is 0.211 e. The van der Waals surface area contributed by atoms with Gasteiger partial charge >= 0.3 is 0 Å². The summed E-state index contributed by atoms with van der Waals surface area (Å²) in [7, 11) is 1.94. The SMILES string of the molecule is CC(c1ncc(C(C)(C)C)o1)N1CCOC(c2nncn2C)C1. The first-order valence-electron chi connectivity index (χ1n) is 8.02. The molecule has 126 valence electrons. The van der Waals surface area contributed by atoms with Crippen molar-refractivity contribution in [1.29, 1.82) is 0 Å². The molecule has 0 amide bonds. The highest BCUT2D eigenvalue weighted by Crippen LogP contribution is 2.30. The summed E-state index contributed by atoms with van der Waals surface area (Å²) in [5.41, 5.74) is -0.0306. The molecule has 0 aliphatic carbocycles. The monoisotopic (exact) mass is 319 g/mol. The van der Waals surface area contributed by atoms with E-state index in [4.69, 9.17) is 9.15 Å². The van der Waals surface area contributed by atoms with Crippen LogP contribution in [0.4, 0.5) is 0 Å². The molecule has 0 N–H and O–H groups in total. The van der Waals surface area contributed by atoms with Gasteiger partial charge in [-0.25, -0.2) is 4.98 Å². The molecule has 1 saturated heterocycles. The highest BCUT2D eigenvalue weighted by molar-refractivity contribution is 5.08. The molecule has 2 atom stereocenters. The van der Waals surface area contributed by atoms with E-state index in [0.717, 1.165) is 30.6 Å². The Bertz CT molecular complexity index is 657. The maximum atomic E-state index is 5.99. The third-order valence-corrected chi connectivity index (χ3v) is 4.30. The zero-order valence-electron chi connectivity index (χ0n) is 14.5. The summed E-state index contributed by atoms with van der Waals surface area (Å²) in [5, 5.41) is 8.10. The van der Waals surface area contributed by atoms with Crippen molar-refractivity contribution in [2.75, 3.05) is 19.7 Å². The van der Waals surface area contributed by atoms with Crippen LogP contribution in [0, 0.1) is 0 Å². The van der Waals surface area contributed by atoms with Crippen LogP contribution in [0.25, 0.3) is 0 Å². The molecule has 2 unspecified atom stereocenters. The van der Waals surface area contributed by atoms with Gasteiger partial charge in [0.05, 0.1) is 18.8 Å². The first-order chi connectivity index (χ1) is 10.9. The molecular formula is C16H25N5O2. The number of oxazole rings is 1. The van der Waals surface area contributed by atoms with Gasteiger partial charge in [0.2, 0.25) is 5.89 Å². The van der Waals surface area contributed by atoms with Crippen molar-refractivity contribution in [1.82, 2.24) is 24.6 Å². The number of hydrogen-bond acceptors (Lipinski definition) is 6. The molecule has 0 aromatic carbocycles. The summed E-state index contributed by atoms with van der Waals surface area (Å²) < 4.78 is 13.8. The highest BCUT2D eigenvalue weighted by Gasteiger charge is 2.31. The zero-order valence-corrected chi connectivity index (χ0v) is 14.5. The van der Waals surface area contributed by atoms with Crippen LogP contribution in [0.3, 0.4) is 0 Å². The van der Waals surface area contributed by atoms with Crippen molar-refractivity contribution >= 4 is 0 Å². The second-order valence-electron chi connectivity index (χ2n) is 7.14. The van der Waals surface area contributed by atoms with Crippen LogP contribution in [-0.2, 0) is 17.2 Å². The fraction of sp³-hybridized carbons (Fsp3) is 0.688. The van der Waals surface area contributed by atoms with Gasteiger partial charge in [0.25, 0.3) is 0 Å². The number of ether oxygens (including phenoxy) is 1. The Morgan fingerprint density at radius 1 is 1.35 bits per heavy atom. The van der Waals surface area contributed by atoms with E-state index in [9.17, 15) is 0 Å². The second kappa shape index (κ2) is 6.05. The molecule has 1 aliphatic rings. The molecule has 7 heteroatoms. The van der Waals surface area contributed by atoms with Gasteiger partial charge in [-0.1, -0.05) is 20.8 Å². The average molecular weight is 319 g/mol. The van der Waals surface area contributed by atoms with Gasteiger partial charge in [-0.15, -0.1) is 10.2 Å². The summed E-state index contributed by atoms with van der Waals surface area (Å²) >= 11 is 0. The summed E-state index contributed by atoms with van der Waals surface area (Å²) in [6.45, 7) is 10.8. The third kappa shape index (κ3) is 3.30. The van der Waals surface area contributed by atoms with E-state index < -0.39 is 0 Å². The van der Waals surface area contributed by atoms with Crippen molar-refractivity contribution in [3.63, 3.8) is 0 Å². The van der Waals surface area contributed by atoms with Crippen molar-refractivity contribution in [3.8, 4) is 0 Å². The maximum absolute atomic E-state index is 5.99. The highest BCUT2D eigenvalue weighted by atomic mass is 16.5. The first kappa shape index (κ1) is 16.1. The Kier molecular flexibility index (Phi) is 4.25. The molecule has 7 nitrogen and oxygen atoms in total. The predicted molar refractivity (Wildman–Crippen MR) is 84.9 cm³/mol. The number of morpholine rings is 1. The fourth-order valence-corrected chi connectivity index (χ4v) is 2.74. The van der Waals surface area contributed by atoms with Gasteiger partial charge in [-0.05, 0) is 6.92 Å². The first-order valence-corrected chi connectivity index (χ1v) is 8.02. The number of nitrogens with zero attached hydrogens (tertiary/aromatic N) is 5. The molecule has 0 spiro atoms. The van der Waals surface area contributed by atoms with Gasteiger partial charge in [-0.3, -0.25) is 4.90 Å². The van der Waals surface area contributed by atoms with Gasteiger partial charge in [0.15, 0.2) is 5.82 Å². The van der Waals surface area contributed by atoms with E-state index in [2.05, 4.69) is 47.8 Å². The van der Waals surface area contributed by atoms with E-state index in [1.165, 1.54) is 0 Å². The average Bonchev–Trinajstić information content (AvgIpc) is 3.15. The van der Waals surface area contributed by atoms with Crippen LogP contribution in [0.1, 0.15) is 57.3 Å². The molecule has 1 aliphatic heterocycles. The van der Waals surface area contributed by atoms with Gasteiger partial charge < -0.3 is 13.7 Å². The normalized spacial score (nSPS) is 21.5. The van der Waals surface area contributed by atoms with Crippen molar-refractivity contribution < 1.29 is 9.15 Å². The predicted octanol–water partition coefficient (Wildman–Crippen LogP) is 2.24. The lowest BCUT2D eigenvalue weighted by Crippen LogP contribution is -2.40. The fourth-order valence-electron chi connectivity index (χ4n) is 2.74. The van der Waals surface area contributed by atoms with Gasteiger partial charge in [0.1, 0.15) is 18.2 Å². The number of rotatable bonds is 3. The Morgan fingerprint density at radius 2 is 2.13 bits per heavy atom. The Labute approximate surface area is 136 Å². The van der Waals surface area contributed by atoms with E-state index in [1.807, 2.05) is 17.8 Å². The minimum Gasteiger partial charge on any atom is -0.443 e. The molecule has 3 heterocycles. The topological polar surface area (TPSA) is 69.2 Å². The molecule has 23 heavy (non-hydrogen) atoms. The quantitative estimate of drug-likeness (QED) is 0.864. The van der Waals surface area contributed by atoms with Crippen LogP contribution in [0.2, 0.25) is 0 Å². The van der Waals surface area contributed by atoms with E-state index in [1.54, 1.807) is 6.33 Å². The third-order valence-electron chi connectivity index (χ3n) is 4.30. The molecule has 1 fully saturated rings. The second-order valence-corrected chi connectivity index (χ2v) is 7.14. The molecule has 2 aromatic heterocycles. The number of aromatic nitrogens is 4. The minimum atomic E-state index is -0.0734. The van der Waals surface area contributed by atoms with E-state index in [0.29, 0.717) is 6.61 Å². The molecule has 0 saturated carbocycles. The van der Waals surface area contributed by atoms with E-state index >= 15 is 0 Å². The number of aryl methyl sites for hydroxylation is 1. The summed E-state index contributed by atoms with van der Waals surface area (Å²) in [5.74, 6) is 2.52. The molecular weight excluding hydrogens is 294 g/mol.